The molecule has 1 rings (SSSR count). The van der Waals surface area contributed by atoms with Gasteiger partial charge in [0.25, 0.3) is 0 Å². The average Bonchev–Trinajstić information content (AvgIpc) is 2.47. The average molecular weight is 284 g/mol. The molecule has 114 valence electrons. The van der Waals surface area contributed by atoms with Crippen LogP contribution in [0.3, 0.4) is 0 Å². The fourth-order valence-corrected chi connectivity index (χ4v) is 2.44. The molecule has 0 bridgehead atoms. The van der Waals surface area contributed by atoms with Crippen LogP contribution in [0, 0.1) is 17.7 Å². The highest BCUT2D eigenvalue weighted by Crippen LogP contribution is 2.37. The van der Waals surface area contributed by atoms with Crippen LogP contribution in [0.5, 0.6) is 11.5 Å². The Morgan fingerprint density at radius 2 is 1.55 bits per heavy atom. The monoisotopic (exact) mass is 284 g/mol. The van der Waals surface area contributed by atoms with E-state index in [0.717, 1.165) is 0 Å². The summed E-state index contributed by atoms with van der Waals surface area (Å²) in [6.45, 7) is 5.02. The van der Waals surface area contributed by atoms with E-state index < -0.39 is 0 Å². The van der Waals surface area contributed by atoms with E-state index in [1.165, 1.54) is 20.3 Å². The summed E-state index contributed by atoms with van der Waals surface area (Å²) < 4.78 is 24.6. The van der Waals surface area contributed by atoms with Crippen LogP contribution in [-0.4, -0.2) is 27.3 Å². The maximum Gasteiger partial charge on any atom is 0.163 e. The highest BCUT2D eigenvalue weighted by atomic mass is 19.1. The van der Waals surface area contributed by atoms with Gasteiger partial charge in [0.15, 0.2) is 11.5 Å². The lowest BCUT2D eigenvalue weighted by atomic mass is 9.80. The molecule has 0 radical (unpaired) electrons. The summed E-state index contributed by atoms with van der Waals surface area (Å²) in [6.07, 6.45) is 0. The molecule has 0 spiro atoms. The minimum absolute atomic E-state index is 0.00749. The molecule has 4 nitrogen and oxygen atoms in total. The number of benzene rings is 1. The van der Waals surface area contributed by atoms with Crippen molar-refractivity contribution in [3.05, 3.63) is 23.5 Å². The molecule has 0 aliphatic heterocycles. The van der Waals surface area contributed by atoms with Gasteiger partial charge in [-0.15, -0.1) is 0 Å². The summed E-state index contributed by atoms with van der Waals surface area (Å²) in [7, 11) is 3.03. The minimum Gasteiger partial charge on any atom is -0.493 e. The van der Waals surface area contributed by atoms with Gasteiger partial charge < -0.3 is 20.9 Å². The van der Waals surface area contributed by atoms with Gasteiger partial charge in [0.05, 0.1) is 14.2 Å². The van der Waals surface area contributed by atoms with Crippen molar-refractivity contribution in [2.75, 3.05) is 27.3 Å². The zero-order valence-corrected chi connectivity index (χ0v) is 12.7. The highest BCUT2D eigenvalue weighted by Gasteiger charge is 2.25. The second-order valence-electron chi connectivity index (χ2n) is 5.11. The zero-order chi connectivity index (χ0) is 15.3. The van der Waals surface area contributed by atoms with Crippen molar-refractivity contribution in [3.63, 3.8) is 0 Å². The Hall–Kier alpha value is -1.33. The van der Waals surface area contributed by atoms with Crippen molar-refractivity contribution < 1.29 is 13.9 Å². The number of ether oxygens (including phenoxy) is 2. The number of hydrogen-bond acceptors (Lipinski definition) is 4. The van der Waals surface area contributed by atoms with E-state index in [0.29, 0.717) is 30.2 Å². The third-order valence-electron chi connectivity index (χ3n) is 4.13. The number of halogens is 1. The maximum atomic E-state index is 14.2. The fraction of sp³-hybridized carbons (Fsp3) is 0.600. The van der Waals surface area contributed by atoms with Crippen molar-refractivity contribution in [1.29, 1.82) is 0 Å². The Labute approximate surface area is 120 Å². The van der Waals surface area contributed by atoms with Crippen LogP contribution in [0.4, 0.5) is 4.39 Å². The van der Waals surface area contributed by atoms with Gasteiger partial charge in [-0.05, 0) is 42.5 Å². The smallest absolute Gasteiger partial charge is 0.163 e. The summed E-state index contributed by atoms with van der Waals surface area (Å²) in [5.74, 6) is 0.958. The lowest BCUT2D eigenvalue weighted by molar-refractivity contribution is 0.318. The Balaban J connectivity index is 3.12. The topological polar surface area (TPSA) is 70.5 Å². The third-order valence-corrected chi connectivity index (χ3v) is 4.13. The first-order valence-electron chi connectivity index (χ1n) is 6.81. The minimum atomic E-state index is -0.296. The molecule has 0 heterocycles. The van der Waals surface area contributed by atoms with Crippen LogP contribution in [-0.2, 0) is 0 Å². The molecule has 0 aromatic heterocycles. The Kier molecular flexibility index (Phi) is 6.23. The van der Waals surface area contributed by atoms with Gasteiger partial charge >= 0.3 is 0 Å². The Morgan fingerprint density at radius 1 is 1.05 bits per heavy atom. The highest BCUT2D eigenvalue weighted by molar-refractivity contribution is 5.44. The van der Waals surface area contributed by atoms with Crippen molar-refractivity contribution in [2.45, 2.75) is 19.8 Å². The largest absolute Gasteiger partial charge is 0.493 e. The van der Waals surface area contributed by atoms with Gasteiger partial charge in [-0.25, -0.2) is 4.39 Å². The van der Waals surface area contributed by atoms with E-state index in [1.807, 2.05) is 13.8 Å². The first-order valence-corrected chi connectivity index (χ1v) is 6.81. The molecule has 0 aliphatic rings. The maximum absolute atomic E-state index is 14.2. The lowest BCUT2D eigenvalue weighted by Crippen LogP contribution is -2.31. The van der Waals surface area contributed by atoms with Crippen LogP contribution in [0.2, 0.25) is 0 Å². The predicted octanol–water partition coefficient (Wildman–Crippen LogP) is 2.12. The third kappa shape index (κ3) is 3.41. The number of methoxy groups -OCH3 is 2. The molecular weight excluding hydrogens is 259 g/mol. The summed E-state index contributed by atoms with van der Waals surface area (Å²) in [5.41, 5.74) is 12.0. The normalized spacial score (nSPS) is 14.2. The van der Waals surface area contributed by atoms with Crippen LogP contribution >= 0.6 is 0 Å². The van der Waals surface area contributed by atoms with Gasteiger partial charge in [0.2, 0.25) is 0 Å². The van der Waals surface area contributed by atoms with E-state index in [2.05, 4.69) is 0 Å². The van der Waals surface area contributed by atoms with Crippen molar-refractivity contribution in [3.8, 4) is 11.5 Å². The van der Waals surface area contributed by atoms with Gasteiger partial charge in [0.1, 0.15) is 5.82 Å². The van der Waals surface area contributed by atoms with E-state index in [1.54, 1.807) is 6.07 Å². The van der Waals surface area contributed by atoms with E-state index in [-0.39, 0.29) is 23.6 Å². The molecule has 0 saturated carbocycles. The molecule has 1 aromatic carbocycles. The zero-order valence-electron chi connectivity index (χ0n) is 12.7. The van der Waals surface area contributed by atoms with Crippen LogP contribution in [0.1, 0.15) is 25.3 Å². The first-order chi connectivity index (χ1) is 9.49. The molecular formula is C15H25FN2O2. The molecule has 0 amide bonds. The lowest BCUT2D eigenvalue weighted by Gasteiger charge is -2.28. The van der Waals surface area contributed by atoms with Crippen LogP contribution in [0.25, 0.3) is 0 Å². The molecule has 0 saturated heterocycles. The Morgan fingerprint density at radius 3 is 2.00 bits per heavy atom. The molecule has 4 N–H and O–H groups in total. The summed E-state index contributed by atoms with van der Waals surface area (Å²) >= 11 is 0. The van der Waals surface area contributed by atoms with Crippen LogP contribution < -0.4 is 20.9 Å². The Bertz CT molecular complexity index is 436. The molecule has 2 atom stereocenters. The SMILES string of the molecule is COc1cc(F)c(C(C)C(C)C(CN)CN)cc1OC. The van der Waals surface area contributed by atoms with Gasteiger partial charge in [0, 0.05) is 6.07 Å². The quantitative estimate of drug-likeness (QED) is 0.804. The van der Waals surface area contributed by atoms with Gasteiger partial charge in [-0.1, -0.05) is 13.8 Å². The van der Waals surface area contributed by atoms with E-state index >= 15 is 0 Å². The molecule has 1 aromatic rings. The second kappa shape index (κ2) is 7.45. The van der Waals surface area contributed by atoms with Crippen molar-refractivity contribution >= 4 is 0 Å². The summed E-state index contributed by atoms with van der Waals surface area (Å²) in [6, 6.07) is 3.05. The molecule has 20 heavy (non-hydrogen) atoms. The first kappa shape index (κ1) is 16.7. The molecule has 0 fully saturated rings. The van der Waals surface area contributed by atoms with Crippen molar-refractivity contribution in [2.24, 2.45) is 23.3 Å². The molecule has 5 heteroatoms. The number of hydrogen-bond donors (Lipinski definition) is 2. The second-order valence-corrected chi connectivity index (χ2v) is 5.11. The molecule has 2 unspecified atom stereocenters. The standard InChI is InChI=1S/C15H25FN2O2/c1-9(11(7-17)8-18)10(2)12-5-14(19-3)15(20-4)6-13(12)16/h5-6,9-11H,7-8,17-18H2,1-4H3. The van der Waals surface area contributed by atoms with E-state index in [4.69, 9.17) is 20.9 Å². The number of nitrogens with two attached hydrogens (primary N) is 2. The van der Waals surface area contributed by atoms with Gasteiger partial charge in [-0.2, -0.15) is 0 Å². The summed E-state index contributed by atoms with van der Waals surface area (Å²) in [5, 5.41) is 0. The molecule has 0 aliphatic carbocycles. The van der Waals surface area contributed by atoms with Crippen LogP contribution in [0.15, 0.2) is 12.1 Å². The van der Waals surface area contributed by atoms with Gasteiger partial charge in [-0.3, -0.25) is 0 Å². The van der Waals surface area contributed by atoms with Crippen molar-refractivity contribution in [1.82, 2.24) is 0 Å². The summed E-state index contributed by atoms with van der Waals surface area (Å²) in [4.78, 5) is 0. The predicted molar refractivity (Wildman–Crippen MR) is 78.7 cm³/mol. The number of rotatable bonds is 7. The van der Waals surface area contributed by atoms with E-state index in [9.17, 15) is 4.39 Å². The fourth-order valence-electron chi connectivity index (χ4n) is 2.44.